The van der Waals surface area contributed by atoms with Gasteiger partial charge in [-0.1, -0.05) is 24.3 Å². The standard InChI is InChI=1S/C28H32N2O3/c1-5-29(6-2)19-13-15-23-25(17-19)33-26-18-20(30(7-3)8-4)14-16-24(26)27(23)21-11-9-10-12-22(21)28(31)32/h9-18,27H,5-8H2,1-4H3,(H,31,32)/p+1. The van der Waals surface area contributed by atoms with Gasteiger partial charge in [0.1, 0.15) is 17.2 Å². The van der Waals surface area contributed by atoms with Gasteiger partial charge in [0.15, 0.2) is 0 Å². The fraction of sp³-hybridized carbons (Fsp3) is 0.321. The molecular formula is C28H33N2O3+. The molecule has 0 spiro atoms. The lowest BCUT2D eigenvalue weighted by Crippen LogP contribution is -3.06. The smallest absolute Gasteiger partial charge is 0.335 e. The zero-order valence-corrected chi connectivity index (χ0v) is 19.9. The van der Waals surface area contributed by atoms with E-state index in [4.69, 9.17) is 4.74 Å². The third kappa shape index (κ3) is 4.21. The molecule has 2 N–H and O–H groups in total. The van der Waals surface area contributed by atoms with Crippen molar-refractivity contribution < 1.29 is 19.5 Å². The molecule has 0 bridgehead atoms. The second kappa shape index (κ2) is 9.67. The van der Waals surface area contributed by atoms with Gasteiger partial charge in [-0.2, -0.15) is 0 Å². The van der Waals surface area contributed by atoms with Crippen LogP contribution in [0.1, 0.15) is 60.7 Å². The zero-order chi connectivity index (χ0) is 23.5. The minimum atomic E-state index is -0.913. The van der Waals surface area contributed by atoms with Gasteiger partial charge in [0.2, 0.25) is 0 Å². The minimum Gasteiger partial charge on any atom is -0.478 e. The molecule has 0 aromatic heterocycles. The number of benzene rings is 3. The summed E-state index contributed by atoms with van der Waals surface area (Å²) < 4.78 is 6.50. The van der Waals surface area contributed by atoms with E-state index >= 15 is 0 Å². The molecule has 5 nitrogen and oxygen atoms in total. The van der Waals surface area contributed by atoms with Crippen LogP contribution in [0.15, 0.2) is 60.7 Å². The van der Waals surface area contributed by atoms with Crippen molar-refractivity contribution in [2.75, 3.05) is 31.1 Å². The number of aromatic carboxylic acids is 1. The number of nitrogens with one attached hydrogen (secondary N) is 1. The summed E-state index contributed by atoms with van der Waals surface area (Å²) in [5.41, 5.74) is 5.41. The Bertz CT molecular complexity index is 1090. The summed E-state index contributed by atoms with van der Waals surface area (Å²) in [5, 5.41) is 9.91. The highest BCUT2D eigenvalue weighted by Gasteiger charge is 2.32. The van der Waals surface area contributed by atoms with Gasteiger partial charge in [-0.3, -0.25) is 0 Å². The molecule has 5 heteroatoms. The van der Waals surface area contributed by atoms with E-state index in [-0.39, 0.29) is 5.92 Å². The Balaban J connectivity index is 1.92. The van der Waals surface area contributed by atoms with Crippen molar-refractivity contribution >= 4 is 17.3 Å². The first kappa shape index (κ1) is 22.9. The van der Waals surface area contributed by atoms with E-state index < -0.39 is 5.97 Å². The normalized spacial score (nSPS) is 14.4. The van der Waals surface area contributed by atoms with Crippen molar-refractivity contribution in [3.8, 4) is 11.5 Å². The first-order valence-corrected chi connectivity index (χ1v) is 11.9. The molecule has 0 fully saturated rings. The van der Waals surface area contributed by atoms with Gasteiger partial charge in [0.05, 0.1) is 18.7 Å². The van der Waals surface area contributed by atoms with Crippen LogP contribution in [0.4, 0.5) is 11.4 Å². The maximum atomic E-state index is 12.1. The molecule has 0 amide bonds. The highest BCUT2D eigenvalue weighted by atomic mass is 16.5. The molecule has 1 aliphatic heterocycles. The summed E-state index contributed by atoms with van der Waals surface area (Å²) in [6.45, 7) is 12.4. The predicted octanol–water partition coefficient (Wildman–Crippen LogP) is 5.07. The fourth-order valence-electron chi connectivity index (χ4n) is 4.94. The molecule has 33 heavy (non-hydrogen) atoms. The van der Waals surface area contributed by atoms with Crippen LogP contribution in [0.25, 0.3) is 0 Å². The van der Waals surface area contributed by atoms with Crippen LogP contribution in [0.2, 0.25) is 0 Å². The van der Waals surface area contributed by atoms with Gasteiger partial charge in [-0.05, 0) is 57.5 Å². The number of rotatable bonds is 8. The number of ether oxygens (including phenoxy) is 1. The summed E-state index contributed by atoms with van der Waals surface area (Å²) in [7, 11) is 0. The van der Waals surface area contributed by atoms with Gasteiger partial charge in [-0.15, -0.1) is 0 Å². The largest absolute Gasteiger partial charge is 0.478 e. The zero-order valence-electron chi connectivity index (χ0n) is 19.9. The Morgan fingerprint density at radius 3 is 2.15 bits per heavy atom. The number of fused-ring (bicyclic) bond motifs is 2. The molecule has 1 aliphatic rings. The Kier molecular flexibility index (Phi) is 6.70. The fourth-order valence-corrected chi connectivity index (χ4v) is 4.94. The van der Waals surface area contributed by atoms with Crippen molar-refractivity contribution in [2.24, 2.45) is 0 Å². The van der Waals surface area contributed by atoms with E-state index in [9.17, 15) is 9.90 Å². The summed E-state index contributed by atoms with van der Waals surface area (Å²) in [6.07, 6.45) is 0. The SMILES string of the molecule is CCN(CC)c1ccc2c(c1)Oc1cc([NH+](CC)CC)ccc1C2c1ccccc1C(=O)O. The highest BCUT2D eigenvalue weighted by Crippen LogP contribution is 2.49. The van der Waals surface area contributed by atoms with Crippen LogP contribution in [0, 0.1) is 0 Å². The van der Waals surface area contributed by atoms with E-state index in [1.165, 1.54) is 10.6 Å². The molecule has 1 unspecified atom stereocenters. The van der Waals surface area contributed by atoms with Gasteiger partial charge in [0, 0.05) is 48.0 Å². The number of nitrogens with zero attached hydrogens (tertiary/aromatic N) is 1. The number of carboxylic acid groups (broad SMARTS) is 1. The molecule has 1 atom stereocenters. The van der Waals surface area contributed by atoms with E-state index in [1.54, 1.807) is 12.1 Å². The van der Waals surface area contributed by atoms with Crippen molar-refractivity contribution in [1.29, 1.82) is 0 Å². The minimum absolute atomic E-state index is 0.206. The topological polar surface area (TPSA) is 54.2 Å². The monoisotopic (exact) mass is 445 g/mol. The molecule has 172 valence electrons. The summed E-state index contributed by atoms with van der Waals surface area (Å²) >= 11 is 0. The van der Waals surface area contributed by atoms with Gasteiger partial charge in [-0.25, -0.2) is 4.79 Å². The van der Waals surface area contributed by atoms with Crippen LogP contribution in [0.5, 0.6) is 11.5 Å². The number of quaternary nitrogens is 1. The first-order valence-electron chi connectivity index (χ1n) is 11.9. The van der Waals surface area contributed by atoms with Crippen LogP contribution in [-0.4, -0.2) is 37.3 Å². The average molecular weight is 446 g/mol. The molecule has 1 heterocycles. The summed E-state index contributed by atoms with van der Waals surface area (Å²) in [5.74, 6) is 0.483. The van der Waals surface area contributed by atoms with Crippen LogP contribution >= 0.6 is 0 Å². The maximum Gasteiger partial charge on any atom is 0.335 e. The molecule has 4 rings (SSSR count). The highest BCUT2D eigenvalue weighted by molar-refractivity contribution is 5.90. The molecule has 0 saturated carbocycles. The summed E-state index contributed by atoms with van der Waals surface area (Å²) in [6, 6.07) is 20.0. The van der Waals surface area contributed by atoms with Crippen LogP contribution < -0.4 is 14.5 Å². The molecule has 0 saturated heterocycles. The van der Waals surface area contributed by atoms with Crippen molar-refractivity contribution in [2.45, 2.75) is 33.6 Å². The molecule has 3 aromatic carbocycles. The predicted molar refractivity (Wildman–Crippen MR) is 133 cm³/mol. The third-order valence-corrected chi connectivity index (χ3v) is 6.75. The van der Waals surface area contributed by atoms with E-state index in [2.05, 4.69) is 69.0 Å². The molecular weight excluding hydrogens is 412 g/mol. The summed E-state index contributed by atoms with van der Waals surface area (Å²) in [4.78, 5) is 15.8. The molecule has 3 aromatic rings. The Morgan fingerprint density at radius 1 is 0.879 bits per heavy atom. The lowest BCUT2D eigenvalue weighted by molar-refractivity contribution is -0.828. The second-order valence-electron chi connectivity index (χ2n) is 8.39. The third-order valence-electron chi connectivity index (χ3n) is 6.75. The first-order chi connectivity index (χ1) is 16.0. The number of hydrogen-bond acceptors (Lipinski definition) is 3. The van der Waals surface area contributed by atoms with E-state index in [1.807, 2.05) is 12.1 Å². The Hall–Kier alpha value is -3.31. The quantitative estimate of drug-likeness (QED) is 0.397. The van der Waals surface area contributed by atoms with Gasteiger partial charge >= 0.3 is 5.97 Å². The van der Waals surface area contributed by atoms with E-state index in [0.717, 1.165) is 60.1 Å². The lowest BCUT2D eigenvalue weighted by atomic mass is 9.80. The van der Waals surface area contributed by atoms with Crippen LogP contribution in [-0.2, 0) is 0 Å². The number of hydrogen-bond donors (Lipinski definition) is 2. The van der Waals surface area contributed by atoms with Gasteiger partial charge < -0.3 is 19.6 Å². The maximum absolute atomic E-state index is 12.1. The Morgan fingerprint density at radius 2 is 1.52 bits per heavy atom. The molecule has 0 radical (unpaired) electrons. The number of anilines is 1. The number of carbonyl (C=O) groups is 1. The Labute approximate surface area is 196 Å². The van der Waals surface area contributed by atoms with Gasteiger partial charge in [0.25, 0.3) is 0 Å². The van der Waals surface area contributed by atoms with E-state index in [0.29, 0.717) is 5.56 Å². The molecule has 0 aliphatic carbocycles. The van der Waals surface area contributed by atoms with Crippen molar-refractivity contribution in [3.05, 3.63) is 82.9 Å². The van der Waals surface area contributed by atoms with Crippen molar-refractivity contribution in [1.82, 2.24) is 0 Å². The lowest BCUT2D eigenvalue weighted by Gasteiger charge is -2.31. The van der Waals surface area contributed by atoms with Crippen LogP contribution in [0.3, 0.4) is 0 Å². The average Bonchev–Trinajstić information content (AvgIpc) is 2.84. The number of carboxylic acids is 1. The second-order valence-corrected chi connectivity index (χ2v) is 8.39. The van der Waals surface area contributed by atoms with Crippen molar-refractivity contribution in [3.63, 3.8) is 0 Å².